The van der Waals surface area contributed by atoms with Gasteiger partial charge in [0, 0.05) is 24.9 Å². The number of aryl methyl sites for hydroxylation is 1. The molecule has 5 nitrogen and oxygen atoms in total. The van der Waals surface area contributed by atoms with Crippen molar-refractivity contribution in [3.8, 4) is 0 Å². The molecule has 2 aromatic carbocycles. The van der Waals surface area contributed by atoms with Gasteiger partial charge in [0.2, 0.25) is 0 Å². The molecule has 3 aromatic rings. The number of ether oxygens (including phenoxy) is 1. The predicted octanol–water partition coefficient (Wildman–Crippen LogP) is 5.29. The molecule has 1 aliphatic heterocycles. The summed E-state index contributed by atoms with van der Waals surface area (Å²) in [6, 6.07) is 15.4. The van der Waals surface area contributed by atoms with E-state index in [1.165, 1.54) is 34.9 Å². The summed E-state index contributed by atoms with van der Waals surface area (Å²) in [5.41, 5.74) is 4.62. The maximum Gasteiger partial charge on any atom is 0.306 e. The topological polar surface area (TPSA) is 58.2 Å². The van der Waals surface area contributed by atoms with Crippen molar-refractivity contribution in [3.63, 3.8) is 0 Å². The molecule has 0 saturated carbocycles. The monoisotopic (exact) mass is 433 g/mol. The Balaban J connectivity index is 1.26. The van der Waals surface area contributed by atoms with E-state index in [0.29, 0.717) is 12.3 Å². The highest BCUT2D eigenvalue weighted by Gasteiger charge is 2.21. The lowest BCUT2D eigenvalue weighted by molar-refractivity contribution is -0.154. The van der Waals surface area contributed by atoms with Crippen LogP contribution in [0.25, 0.3) is 10.9 Å². The summed E-state index contributed by atoms with van der Waals surface area (Å²) in [4.78, 5) is 14.5. The van der Waals surface area contributed by atoms with Crippen LogP contribution in [0.15, 0.2) is 48.7 Å². The van der Waals surface area contributed by atoms with Crippen LogP contribution in [0.1, 0.15) is 56.7 Å². The van der Waals surface area contributed by atoms with Crippen LogP contribution in [0, 0.1) is 5.92 Å². The minimum atomic E-state index is -0.417. The van der Waals surface area contributed by atoms with Crippen molar-refractivity contribution in [2.75, 3.05) is 13.1 Å². The Kier molecular flexibility index (Phi) is 6.95. The van der Waals surface area contributed by atoms with E-state index in [1.807, 2.05) is 27.0 Å². The Hall–Kier alpha value is -2.66. The fraction of sp³-hybridized carbons (Fsp3) is 0.481. The van der Waals surface area contributed by atoms with Gasteiger partial charge in [-0.25, -0.2) is 0 Å². The highest BCUT2D eigenvalue weighted by atomic mass is 16.6. The number of esters is 1. The summed E-state index contributed by atoms with van der Waals surface area (Å²) in [5, 5.41) is 8.36. The summed E-state index contributed by atoms with van der Waals surface area (Å²) < 4.78 is 5.40. The first-order chi connectivity index (χ1) is 15.3. The molecule has 0 unspecified atom stereocenters. The van der Waals surface area contributed by atoms with Gasteiger partial charge in [0.25, 0.3) is 0 Å². The van der Waals surface area contributed by atoms with Gasteiger partial charge in [-0.05, 0) is 87.7 Å². The summed E-state index contributed by atoms with van der Waals surface area (Å²) >= 11 is 0. The van der Waals surface area contributed by atoms with Crippen molar-refractivity contribution in [1.29, 1.82) is 0 Å². The number of carbonyl (C=O) groups is 1. The number of likely N-dealkylation sites (tertiary alicyclic amines) is 1. The van der Waals surface area contributed by atoms with E-state index in [2.05, 4.69) is 57.6 Å². The van der Waals surface area contributed by atoms with Crippen LogP contribution in [0.4, 0.5) is 0 Å². The highest BCUT2D eigenvalue weighted by molar-refractivity contribution is 5.78. The standard InChI is InChI=1S/C27H35N3O2/c1-27(2,3)32-26(31)13-11-20-6-8-21(9-7-20)18-30-14-4-5-23(19-30)15-22-10-12-25-24(16-22)17-28-29-25/h6-10,12,16-17,23H,4-5,11,13-15,18-19H2,1-3H3,(H,28,29)/t23-/m1/s1. The normalized spacial score (nSPS) is 17.5. The van der Waals surface area contributed by atoms with Crippen molar-refractivity contribution < 1.29 is 9.53 Å². The van der Waals surface area contributed by atoms with Gasteiger partial charge < -0.3 is 4.74 Å². The van der Waals surface area contributed by atoms with Crippen molar-refractivity contribution >= 4 is 16.9 Å². The van der Waals surface area contributed by atoms with Gasteiger partial charge >= 0.3 is 5.97 Å². The van der Waals surface area contributed by atoms with E-state index in [-0.39, 0.29) is 5.97 Å². The van der Waals surface area contributed by atoms with Gasteiger partial charge in [0.05, 0.1) is 11.7 Å². The van der Waals surface area contributed by atoms with Gasteiger partial charge in [-0.1, -0.05) is 30.3 Å². The van der Waals surface area contributed by atoms with E-state index in [0.717, 1.165) is 38.0 Å². The highest BCUT2D eigenvalue weighted by Crippen LogP contribution is 2.24. The summed E-state index contributed by atoms with van der Waals surface area (Å²) in [6.07, 6.45) is 6.73. The molecular formula is C27H35N3O2. The first kappa shape index (κ1) is 22.5. The van der Waals surface area contributed by atoms with Gasteiger partial charge in [0.15, 0.2) is 0 Å². The van der Waals surface area contributed by atoms with E-state index in [4.69, 9.17) is 4.74 Å². The Morgan fingerprint density at radius 2 is 1.88 bits per heavy atom. The van der Waals surface area contributed by atoms with Crippen LogP contribution in [0.5, 0.6) is 0 Å². The number of nitrogens with one attached hydrogen (secondary N) is 1. The zero-order chi connectivity index (χ0) is 22.6. The fourth-order valence-corrected chi connectivity index (χ4v) is 4.62. The van der Waals surface area contributed by atoms with E-state index >= 15 is 0 Å². The van der Waals surface area contributed by atoms with Crippen molar-refractivity contribution in [2.45, 2.75) is 65.0 Å². The maximum absolute atomic E-state index is 11.9. The SMILES string of the molecule is CC(C)(C)OC(=O)CCc1ccc(CN2CCC[C@H](Cc3ccc4[nH]ncc4c3)C2)cc1. The summed E-state index contributed by atoms with van der Waals surface area (Å²) in [7, 11) is 0. The number of hydrogen-bond donors (Lipinski definition) is 1. The van der Waals surface area contributed by atoms with E-state index in [9.17, 15) is 4.79 Å². The first-order valence-corrected chi connectivity index (χ1v) is 11.8. The van der Waals surface area contributed by atoms with E-state index in [1.54, 1.807) is 0 Å². The number of rotatable bonds is 7. The van der Waals surface area contributed by atoms with Crippen LogP contribution in [-0.4, -0.2) is 39.8 Å². The number of hydrogen-bond acceptors (Lipinski definition) is 4. The van der Waals surface area contributed by atoms with Crippen molar-refractivity contribution in [1.82, 2.24) is 15.1 Å². The molecule has 0 bridgehead atoms. The van der Waals surface area contributed by atoms with Crippen LogP contribution in [0.2, 0.25) is 0 Å². The zero-order valence-corrected chi connectivity index (χ0v) is 19.6. The van der Waals surface area contributed by atoms with Gasteiger partial charge in [-0.2, -0.15) is 5.10 Å². The molecule has 1 saturated heterocycles. The molecule has 0 aliphatic carbocycles. The van der Waals surface area contributed by atoms with Gasteiger partial charge in [-0.3, -0.25) is 14.8 Å². The lowest BCUT2D eigenvalue weighted by Gasteiger charge is -2.33. The predicted molar refractivity (Wildman–Crippen MR) is 128 cm³/mol. The minimum absolute atomic E-state index is 0.132. The van der Waals surface area contributed by atoms with Crippen LogP contribution in [0.3, 0.4) is 0 Å². The lowest BCUT2D eigenvalue weighted by Crippen LogP contribution is -2.35. The Morgan fingerprint density at radius 1 is 1.12 bits per heavy atom. The van der Waals surface area contributed by atoms with Crippen molar-refractivity contribution in [2.24, 2.45) is 5.92 Å². The molecule has 32 heavy (non-hydrogen) atoms. The number of piperidine rings is 1. The third-order valence-electron chi connectivity index (χ3n) is 6.10. The van der Waals surface area contributed by atoms with Gasteiger partial charge in [0.1, 0.15) is 5.60 Å². The second-order valence-corrected chi connectivity index (χ2v) is 10.1. The average Bonchev–Trinajstić information content (AvgIpc) is 3.20. The molecule has 1 aromatic heterocycles. The zero-order valence-electron chi connectivity index (χ0n) is 19.6. The van der Waals surface area contributed by atoms with Crippen LogP contribution in [-0.2, 0) is 28.9 Å². The molecule has 1 N–H and O–H groups in total. The molecule has 170 valence electrons. The number of aromatic nitrogens is 2. The number of aromatic amines is 1. The molecule has 4 rings (SSSR count). The molecule has 1 fully saturated rings. The second-order valence-electron chi connectivity index (χ2n) is 10.1. The molecule has 2 heterocycles. The first-order valence-electron chi connectivity index (χ1n) is 11.8. The Bertz CT molecular complexity index is 1030. The Morgan fingerprint density at radius 3 is 2.66 bits per heavy atom. The third-order valence-corrected chi connectivity index (χ3v) is 6.10. The fourth-order valence-electron chi connectivity index (χ4n) is 4.62. The van der Waals surface area contributed by atoms with Crippen molar-refractivity contribution in [3.05, 3.63) is 65.4 Å². The third kappa shape index (κ3) is 6.42. The summed E-state index contributed by atoms with van der Waals surface area (Å²) in [6.45, 7) is 9.01. The van der Waals surface area contributed by atoms with Crippen LogP contribution >= 0.6 is 0 Å². The smallest absolute Gasteiger partial charge is 0.306 e. The molecule has 1 atom stereocenters. The number of fused-ring (bicyclic) bond motifs is 1. The molecular weight excluding hydrogens is 398 g/mol. The number of carbonyl (C=O) groups excluding carboxylic acids is 1. The molecule has 0 spiro atoms. The number of H-pyrrole nitrogens is 1. The average molecular weight is 434 g/mol. The molecule has 0 radical (unpaired) electrons. The second kappa shape index (κ2) is 9.86. The Labute approximate surface area is 191 Å². The minimum Gasteiger partial charge on any atom is -0.460 e. The number of nitrogens with zero attached hydrogens (tertiary/aromatic N) is 2. The van der Waals surface area contributed by atoms with Gasteiger partial charge in [-0.15, -0.1) is 0 Å². The van der Waals surface area contributed by atoms with Crippen LogP contribution < -0.4 is 0 Å². The maximum atomic E-state index is 11.9. The number of benzene rings is 2. The molecule has 1 aliphatic rings. The quantitative estimate of drug-likeness (QED) is 0.514. The largest absolute Gasteiger partial charge is 0.460 e. The molecule has 0 amide bonds. The molecule has 5 heteroatoms. The van der Waals surface area contributed by atoms with E-state index < -0.39 is 5.60 Å². The lowest BCUT2D eigenvalue weighted by atomic mass is 9.90. The summed E-state index contributed by atoms with van der Waals surface area (Å²) in [5.74, 6) is 0.564.